The van der Waals surface area contributed by atoms with Crippen LogP contribution in [-0.2, 0) is 0 Å². The van der Waals surface area contributed by atoms with Crippen molar-refractivity contribution < 1.29 is 8.78 Å². The molecule has 1 aliphatic heterocycles. The van der Waals surface area contributed by atoms with Crippen LogP contribution in [0.3, 0.4) is 0 Å². The zero-order valence-electron chi connectivity index (χ0n) is 15.9. The maximum absolute atomic E-state index is 14.8. The summed E-state index contributed by atoms with van der Waals surface area (Å²) in [6, 6.07) is 10.5. The molecule has 1 unspecified atom stereocenters. The highest BCUT2D eigenvalue weighted by Gasteiger charge is 2.34. The second kappa shape index (κ2) is 8.25. The molecule has 0 spiro atoms. The average molecular weight is 487 g/mol. The van der Waals surface area contributed by atoms with E-state index >= 15 is 0 Å². The van der Waals surface area contributed by atoms with Gasteiger partial charge in [-0.3, -0.25) is 9.36 Å². The molecule has 32 heavy (non-hydrogen) atoms. The summed E-state index contributed by atoms with van der Waals surface area (Å²) in [6.45, 7) is 0. The van der Waals surface area contributed by atoms with Gasteiger partial charge in [0.25, 0.3) is 5.56 Å². The number of fused-ring (bicyclic) bond motifs is 1. The third-order valence-electron chi connectivity index (χ3n) is 4.94. The van der Waals surface area contributed by atoms with Crippen LogP contribution >= 0.6 is 34.5 Å². The smallest absolute Gasteiger partial charge is 0.269 e. The Morgan fingerprint density at radius 2 is 1.72 bits per heavy atom. The molecule has 3 aromatic rings. The Morgan fingerprint density at radius 3 is 2.31 bits per heavy atom. The molecule has 0 fully saturated rings. The minimum absolute atomic E-state index is 0.0178. The van der Waals surface area contributed by atoms with Crippen molar-refractivity contribution in [3.05, 3.63) is 100 Å². The van der Waals surface area contributed by atoms with Gasteiger partial charge in [0.1, 0.15) is 34.0 Å². The summed E-state index contributed by atoms with van der Waals surface area (Å²) < 4.78 is 30.3. The second-order valence-electron chi connectivity index (χ2n) is 6.69. The van der Waals surface area contributed by atoms with Crippen molar-refractivity contribution in [2.75, 3.05) is 0 Å². The zero-order valence-corrected chi connectivity index (χ0v) is 18.2. The molecule has 10 heteroatoms. The molecule has 0 saturated carbocycles. The first-order valence-corrected chi connectivity index (χ1v) is 10.5. The molecule has 2 heterocycles. The molecule has 0 amide bonds. The number of allylic oxidation sites excluding steroid dienone is 2. The Morgan fingerprint density at radius 1 is 1.06 bits per heavy atom. The number of nitriles is 2. The highest BCUT2D eigenvalue weighted by Crippen LogP contribution is 2.35. The Bertz CT molecular complexity index is 1550. The lowest BCUT2D eigenvalue weighted by Gasteiger charge is -2.24. The molecular formula is C22H10Cl2F2N4OS. The van der Waals surface area contributed by atoms with Crippen LogP contribution in [0.15, 0.2) is 52.5 Å². The molecule has 0 aliphatic carbocycles. The van der Waals surface area contributed by atoms with Crippen LogP contribution in [0, 0.1) is 34.3 Å². The van der Waals surface area contributed by atoms with Gasteiger partial charge in [-0.05, 0) is 30.3 Å². The number of benzene rings is 2. The fourth-order valence-corrected chi connectivity index (χ4v) is 5.08. The largest absolute Gasteiger partial charge is 0.397 e. The van der Waals surface area contributed by atoms with Crippen LogP contribution < -0.4 is 20.5 Å². The molecule has 1 aromatic heterocycles. The van der Waals surface area contributed by atoms with Gasteiger partial charge in [0.15, 0.2) is 0 Å². The van der Waals surface area contributed by atoms with Crippen LogP contribution in [0.5, 0.6) is 0 Å². The first kappa shape index (κ1) is 21.8. The van der Waals surface area contributed by atoms with Crippen LogP contribution in [0.4, 0.5) is 8.78 Å². The van der Waals surface area contributed by atoms with Gasteiger partial charge < -0.3 is 5.73 Å². The summed E-state index contributed by atoms with van der Waals surface area (Å²) in [5.74, 6) is -1.41. The molecule has 2 N–H and O–H groups in total. The van der Waals surface area contributed by atoms with E-state index in [0.717, 1.165) is 22.0 Å². The maximum Gasteiger partial charge on any atom is 0.269 e. The number of rotatable bonds is 2. The minimum Gasteiger partial charge on any atom is -0.397 e. The van der Waals surface area contributed by atoms with Crippen molar-refractivity contribution in [2.45, 2.75) is 6.04 Å². The summed E-state index contributed by atoms with van der Waals surface area (Å²) in [7, 11) is 0. The molecular weight excluding hydrogens is 477 g/mol. The minimum atomic E-state index is -1.30. The van der Waals surface area contributed by atoms with Gasteiger partial charge in [0, 0.05) is 16.1 Å². The summed E-state index contributed by atoms with van der Waals surface area (Å²) in [4.78, 5) is 13.4. The SMILES string of the molecule is N#CC1=C(N)C(C#N)=c2sc(=Cc3c(F)cccc3Cl)c(=O)n2C1c1c(F)cccc1Cl. The van der Waals surface area contributed by atoms with Gasteiger partial charge in [0.2, 0.25) is 0 Å². The number of nitrogens with zero attached hydrogens (tertiary/aromatic N) is 3. The van der Waals surface area contributed by atoms with Crippen LogP contribution in [0.2, 0.25) is 10.0 Å². The molecule has 1 atom stereocenters. The fourth-order valence-electron chi connectivity index (χ4n) is 3.49. The maximum atomic E-state index is 14.8. The standard InChI is InChI=1S/C22H10Cl2F2N4OS/c23-13-3-1-5-15(25)10(13)7-17-21(31)30-20(18-14(24)4-2-6-16(18)26)11(8-27)19(29)12(9-28)22(30)32-17/h1-7,20H,29H2. The van der Waals surface area contributed by atoms with Crippen molar-refractivity contribution >= 4 is 46.2 Å². The molecule has 0 bridgehead atoms. The number of thiazole rings is 1. The van der Waals surface area contributed by atoms with E-state index < -0.39 is 23.2 Å². The van der Waals surface area contributed by atoms with Crippen LogP contribution in [0.1, 0.15) is 17.2 Å². The molecule has 5 nitrogen and oxygen atoms in total. The summed E-state index contributed by atoms with van der Waals surface area (Å²) >= 11 is 13.2. The first-order valence-electron chi connectivity index (χ1n) is 8.95. The molecule has 2 aromatic carbocycles. The number of hydrogen-bond acceptors (Lipinski definition) is 5. The summed E-state index contributed by atoms with van der Waals surface area (Å²) in [6.07, 6.45) is 1.24. The predicted octanol–water partition coefficient (Wildman–Crippen LogP) is 3.34. The quantitative estimate of drug-likeness (QED) is 0.600. The second-order valence-corrected chi connectivity index (χ2v) is 8.54. The lowest BCUT2D eigenvalue weighted by Crippen LogP contribution is -2.40. The normalized spacial score (nSPS) is 16.0. The number of nitrogens with two attached hydrogens (primary N) is 1. The van der Waals surface area contributed by atoms with E-state index in [1.807, 2.05) is 12.1 Å². The van der Waals surface area contributed by atoms with Crippen molar-refractivity contribution in [1.82, 2.24) is 4.57 Å². The number of hydrogen-bond donors (Lipinski definition) is 1. The van der Waals surface area contributed by atoms with Gasteiger partial charge in [-0.2, -0.15) is 10.5 Å². The molecule has 0 saturated heterocycles. The lowest BCUT2D eigenvalue weighted by molar-refractivity contribution is 0.559. The van der Waals surface area contributed by atoms with Crippen LogP contribution in [0.25, 0.3) is 11.6 Å². The fraction of sp³-hybridized carbons (Fsp3) is 0.0455. The Kier molecular flexibility index (Phi) is 5.62. The lowest BCUT2D eigenvalue weighted by atomic mass is 9.93. The topological polar surface area (TPSA) is 95.6 Å². The first-order chi connectivity index (χ1) is 15.3. The van der Waals surface area contributed by atoms with Crippen molar-refractivity contribution in [1.29, 1.82) is 10.5 Å². The molecule has 0 radical (unpaired) electrons. The Hall–Kier alpha value is -3.43. The molecule has 158 valence electrons. The third kappa shape index (κ3) is 3.30. The number of halogens is 4. The van der Waals surface area contributed by atoms with E-state index in [2.05, 4.69) is 0 Å². The monoisotopic (exact) mass is 486 g/mol. The Balaban J connectivity index is 2.16. The van der Waals surface area contributed by atoms with Gasteiger partial charge in [0.05, 0.1) is 26.9 Å². The highest BCUT2D eigenvalue weighted by molar-refractivity contribution is 7.07. The molecule has 1 aliphatic rings. The van der Waals surface area contributed by atoms with E-state index in [0.29, 0.717) is 0 Å². The van der Waals surface area contributed by atoms with Gasteiger partial charge in [-0.1, -0.05) is 35.3 Å². The highest BCUT2D eigenvalue weighted by atomic mass is 35.5. The van der Waals surface area contributed by atoms with Crippen molar-refractivity contribution in [2.24, 2.45) is 5.73 Å². The number of aromatic nitrogens is 1. The van der Waals surface area contributed by atoms with Gasteiger partial charge in [-0.25, -0.2) is 8.78 Å². The van der Waals surface area contributed by atoms with Crippen LogP contribution in [-0.4, -0.2) is 4.57 Å². The summed E-state index contributed by atoms with van der Waals surface area (Å²) in [5.41, 5.74) is 4.74. The van der Waals surface area contributed by atoms with E-state index in [1.165, 1.54) is 36.4 Å². The third-order valence-corrected chi connectivity index (χ3v) is 6.71. The molecule has 4 rings (SSSR count). The van der Waals surface area contributed by atoms with Gasteiger partial charge in [-0.15, -0.1) is 11.3 Å². The average Bonchev–Trinajstić information content (AvgIpc) is 3.06. The van der Waals surface area contributed by atoms with E-state index in [9.17, 15) is 24.1 Å². The summed E-state index contributed by atoms with van der Waals surface area (Å²) in [5, 5.41) is 19.5. The van der Waals surface area contributed by atoms with E-state index in [1.54, 1.807) is 0 Å². The zero-order chi connectivity index (χ0) is 23.2. The van der Waals surface area contributed by atoms with Gasteiger partial charge >= 0.3 is 0 Å². The van der Waals surface area contributed by atoms with E-state index in [4.69, 9.17) is 28.9 Å². The predicted molar refractivity (Wildman–Crippen MR) is 118 cm³/mol. The van der Waals surface area contributed by atoms with Crippen molar-refractivity contribution in [3.63, 3.8) is 0 Å². The van der Waals surface area contributed by atoms with E-state index in [-0.39, 0.29) is 47.2 Å². The van der Waals surface area contributed by atoms with Crippen molar-refractivity contribution in [3.8, 4) is 12.1 Å². The Labute approximate surface area is 193 Å².